The second kappa shape index (κ2) is 8.86. The molecule has 0 heterocycles. The zero-order valence-electron chi connectivity index (χ0n) is 12.5. The molecule has 0 radical (unpaired) electrons. The highest BCUT2D eigenvalue weighted by molar-refractivity contribution is 14.1. The molecule has 0 aromatic carbocycles. The standard InChI is InChI=1S/C17H32IN/c18-17-10-6-9-15(11-12-16(17)13-19)14-7-4-2-1-3-5-8-14/h14-17H,1-13,19H2. The zero-order valence-corrected chi connectivity index (χ0v) is 14.6. The Morgan fingerprint density at radius 2 is 1.26 bits per heavy atom. The van der Waals surface area contributed by atoms with Crippen molar-refractivity contribution in [3.63, 3.8) is 0 Å². The van der Waals surface area contributed by atoms with Gasteiger partial charge in [-0.2, -0.15) is 0 Å². The van der Waals surface area contributed by atoms with Crippen LogP contribution in [0.2, 0.25) is 0 Å². The van der Waals surface area contributed by atoms with E-state index in [4.69, 9.17) is 5.73 Å². The van der Waals surface area contributed by atoms with Crippen molar-refractivity contribution in [1.29, 1.82) is 0 Å². The van der Waals surface area contributed by atoms with E-state index in [2.05, 4.69) is 22.6 Å². The molecule has 1 nitrogen and oxygen atoms in total. The van der Waals surface area contributed by atoms with Crippen molar-refractivity contribution >= 4 is 22.6 Å². The van der Waals surface area contributed by atoms with E-state index < -0.39 is 0 Å². The number of halogens is 1. The lowest BCUT2D eigenvalue weighted by Crippen LogP contribution is -2.28. The second-order valence-corrected chi connectivity index (χ2v) is 8.49. The summed E-state index contributed by atoms with van der Waals surface area (Å²) in [6.45, 7) is 0.908. The fourth-order valence-electron chi connectivity index (χ4n) is 4.26. The van der Waals surface area contributed by atoms with Gasteiger partial charge in [0.25, 0.3) is 0 Å². The van der Waals surface area contributed by atoms with Gasteiger partial charge >= 0.3 is 0 Å². The third kappa shape index (κ3) is 5.18. The van der Waals surface area contributed by atoms with Crippen LogP contribution in [-0.2, 0) is 0 Å². The van der Waals surface area contributed by atoms with Crippen LogP contribution in [0.3, 0.4) is 0 Å². The molecule has 0 saturated heterocycles. The summed E-state index contributed by atoms with van der Waals surface area (Å²) < 4.78 is 0.834. The van der Waals surface area contributed by atoms with E-state index >= 15 is 0 Å². The molecule has 0 aromatic heterocycles. The minimum atomic E-state index is 0.789. The fraction of sp³-hybridized carbons (Fsp3) is 1.00. The van der Waals surface area contributed by atoms with E-state index in [-0.39, 0.29) is 0 Å². The van der Waals surface area contributed by atoms with Gasteiger partial charge in [0.15, 0.2) is 0 Å². The van der Waals surface area contributed by atoms with Crippen LogP contribution in [-0.4, -0.2) is 10.5 Å². The first-order chi connectivity index (χ1) is 9.31. The molecule has 2 heteroatoms. The molecular formula is C17H32IN. The summed E-state index contributed by atoms with van der Waals surface area (Å²) in [7, 11) is 0. The minimum absolute atomic E-state index is 0.789. The molecule has 0 aliphatic heterocycles. The Bertz CT molecular complexity index is 235. The molecule has 0 bridgehead atoms. The fourth-order valence-corrected chi connectivity index (χ4v) is 5.35. The van der Waals surface area contributed by atoms with Gasteiger partial charge in [-0.3, -0.25) is 0 Å². The molecular weight excluding hydrogens is 345 g/mol. The molecule has 2 aliphatic rings. The number of rotatable bonds is 2. The maximum absolute atomic E-state index is 5.98. The maximum atomic E-state index is 5.98. The minimum Gasteiger partial charge on any atom is -0.330 e. The van der Waals surface area contributed by atoms with Crippen LogP contribution in [0, 0.1) is 17.8 Å². The summed E-state index contributed by atoms with van der Waals surface area (Å²) in [6, 6.07) is 0. The third-order valence-corrected chi connectivity index (χ3v) is 7.23. The van der Waals surface area contributed by atoms with E-state index in [9.17, 15) is 0 Å². The highest BCUT2D eigenvalue weighted by Gasteiger charge is 2.27. The molecule has 2 fully saturated rings. The van der Waals surface area contributed by atoms with Crippen LogP contribution >= 0.6 is 22.6 Å². The SMILES string of the molecule is NCC1CCC(C2CCCCCCC2)CCCC1I. The third-order valence-electron chi connectivity index (χ3n) is 5.59. The summed E-state index contributed by atoms with van der Waals surface area (Å²) in [5, 5.41) is 0. The van der Waals surface area contributed by atoms with Crippen LogP contribution in [0.1, 0.15) is 77.0 Å². The molecule has 0 amide bonds. The Hall–Kier alpha value is 0.690. The van der Waals surface area contributed by atoms with Gasteiger partial charge in [-0.15, -0.1) is 0 Å². The van der Waals surface area contributed by atoms with Crippen LogP contribution in [0.25, 0.3) is 0 Å². The number of hydrogen-bond donors (Lipinski definition) is 1. The van der Waals surface area contributed by atoms with E-state index in [1.54, 1.807) is 0 Å². The van der Waals surface area contributed by atoms with Crippen molar-refractivity contribution in [2.45, 2.75) is 81.0 Å². The van der Waals surface area contributed by atoms with Gasteiger partial charge in [0.05, 0.1) is 0 Å². The van der Waals surface area contributed by atoms with Crippen molar-refractivity contribution in [3.8, 4) is 0 Å². The Morgan fingerprint density at radius 3 is 1.95 bits per heavy atom. The number of nitrogens with two attached hydrogens (primary N) is 1. The normalized spacial score (nSPS) is 36.0. The first kappa shape index (κ1) is 16.1. The molecule has 0 aromatic rings. The number of hydrogen-bond acceptors (Lipinski definition) is 1. The molecule has 2 saturated carbocycles. The van der Waals surface area contributed by atoms with E-state index in [1.807, 2.05) is 0 Å². The van der Waals surface area contributed by atoms with Crippen molar-refractivity contribution in [3.05, 3.63) is 0 Å². The molecule has 2 N–H and O–H groups in total. The molecule has 3 atom stereocenters. The van der Waals surface area contributed by atoms with E-state index in [0.717, 1.165) is 28.2 Å². The first-order valence-corrected chi connectivity index (χ1v) is 9.90. The van der Waals surface area contributed by atoms with Gasteiger partial charge in [0.2, 0.25) is 0 Å². The monoisotopic (exact) mass is 377 g/mol. The topological polar surface area (TPSA) is 26.0 Å². The van der Waals surface area contributed by atoms with Gasteiger partial charge in [-0.25, -0.2) is 0 Å². The summed E-state index contributed by atoms with van der Waals surface area (Å²) in [4.78, 5) is 0. The smallest absolute Gasteiger partial charge is 0.0150 e. The predicted octanol–water partition coefficient (Wildman–Crippen LogP) is 5.31. The summed E-state index contributed by atoms with van der Waals surface area (Å²) in [5.74, 6) is 2.86. The van der Waals surface area contributed by atoms with Gasteiger partial charge in [0, 0.05) is 3.92 Å². The highest BCUT2D eigenvalue weighted by Crippen LogP contribution is 2.38. The Morgan fingerprint density at radius 1 is 0.684 bits per heavy atom. The number of alkyl halides is 1. The van der Waals surface area contributed by atoms with Gasteiger partial charge in [-0.05, 0) is 43.6 Å². The molecule has 3 unspecified atom stereocenters. The van der Waals surface area contributed by atoms with Crippen molar-refractivity contribution in [2.75, 3.05) is 6.54 Å². The second-order valence-electron chi connectivity index (χ2n) is 6.89. The lowest BCUT2D eigenvalue weighted by molar-refractivity contribution is 0.208. The maximum Gasteiger partial charge on any atom is 0.0150 e. The molecule has 19 heavy (non-hydrogen) atoms. The lowest BCUT2D eigenvalue weighted by Gasteiger charge is -2.33. The van der Waals surface area contributed by atoms with Crippen molar-refractivity contribution < 1.29 is 0 Å². The van der Waals surface area contributed by atoms with Crippen molar-refractivity contribution in [1.82, 2.24) is 0 Å². The average Bonchev–Trinajstić information content (AvgIpc) is 2.35. The van der Waals surface area contributed by atoms with Gasteiger partial charge in [0.1, 0.15) is 0 Å². The Kier molecular flexibility index (Phi) is 7.49. The molecule has 112 valence electrons. The zero-order chi connectivity index (χ0) is 13.5. The summed E-state index contributed by atoms with van der Waals surface area (Å²) >= 11 is 2.65. The van der Waals surface area contributed by atoms with Crippen LogP contribution in [0.4, 0.5) is 0 Å². The predicted molar refractivity (Wildman–Crippen MR) is 92.7 cm³/mol. The highest BCUT2D eigenvalue weighted by atomic mass is 127. The molecule has 0 spiro atoms. The quantitative estimate of drug-likeness (QED) is 0.513. The average molecular weight is 377 g/mol. The largest absolute Gasteiger partial charge is 0.330 e. The van der Waals surface area contributed by atoms with Crippen LogP contribution in [0.15, 0.2) is 0 Å². The summed E-state index contributed by atoms with van der Waals surface area (Å²) in [6.07, 6.45) is 17.7. The van der Waals surface area contributed by atoms with Crippen LogP contribution < -0.4 is 5.73 Å². The Labute approximate surface area is 133 Å². The lowest BCUT2D eigenvalue weighted by atomic mass is 9.74. The van der Waals surface area contributed by atoms with Crippen molar-refractivity contribution in [2.24, 2.45) is 23.5 Å². The van der Waals surface area contributed by atoms with Gasteiger partial charge < -0.3 is 5.73 Å². The molecule has 2 aliphatic carbocycles. The van der Waals surface area contributed by atoms with Crippen LogP contribution in [0.5, 0.6) is 0 Å². The van der Waals surface area contributed by atoms with Gasteiger partial charge in [-0.1, -0.05) is 80.4 Å². The Balaban J connectivity index is 1.87. The first-order valence-electron chi connectivity index (χ1n) is 8.65. The van der Waals surface area contributed by atoms with E-state index in [0.29, 0.717) is 0 Å². The van der Waals surface area contributed by atoms with E-state index in [1.165, 1.54) is 77.0 Å². The summed E-state index contributed by atoms with van der Waals surface area (Å²) in [5.41, 5.74) is 5.98. The molecule has 2 rings (SSSR count).